The number of hydrogen-bond acceptors (Lipinski definition) is 8. The number of fused-ring (bicyclic) bond motifs is 1. The monoisotopic (exact) mass is 429 g/mol. The Morgan fingerprint density at radius 3 is 2.48 bits per heavy atom. The normalized spacial score (nSPS) is 17.1. The highest BCUT2D eigenvalue weighted by molar-refractivity contribution is 7.86. The Morgan fingerprint density at radius 1 is 1.14 bits per heavy atom. The summed E-state index contributed by atoms with van der Waals surface area (Å²) in [5.74, 6) is -0.317. The lowest BCUT2D eigenvalue weighted by Crippen LogP contribution is -2.25. The number of rotatable bonds is 4. The first kappa shape index (κ1) is 19.3. The molecule has 0 aliphatic carbocycles. The fraction of sp³-hybridized carbons (Fsp3) is 0.167. The largest absolute Gasteiger partial charge is 0.296 e. The van der Waals surface area contributed by atoms with Gasteiger partial charge in [-0.25, -0.2) is 10.4 Å². The van der Waals surface area contributed by atoms with E-state index < -0.39 is 16.2 Å². The van der Waals surface area contributed by atoms with Crippen LogP contribution < -0.4 is 5.43 Å². The third kappa shape index (κ3) is 3.67. The van der Waals surface area contributed by atoms with Gasteiger partial charge in [0.05, 0.1) is 21.6 Å². The summed E-state index contributed by atoms with van der Waals surface area (Å²) in [7, 11) is -4.36. The summed E-state index contributed by atoms with van der Waals surface area (Å²) in [6.45, 7) is 3.32. The first-order valence-corrected chi connectivity index (χ1v) is 10.7. The summed E-state index contributed by atoms with van der Waals surface area (Å²) in [6.07, 6.45) is 0. The van der Waals surface area contributed by atoms with Crippen LogP contribution in [0.25, 0.3) is 20.8 Å². The predicted octanol–water partition coefficient (Wildman–Crippen LogP) is 3.48. The molecule has 1 aliphatic heterocycles. The van der Waals surface area contributed by atoms with Crippen molar-refractivity contribution in [2.75, 3.05) is 0 Å². The van der Waals surface area contributed by atoms with Gasteiger partial charge in [0.1, 0.15) is 9.90 Å². The Bertz CT molecular complexity index is 1290. The van der Waals surface area contributed by atoms with E-state index in [9.17, 15) is 17.8 Å². The van der Waals surface area contributed by atoms with Crippen molar-refractivity contribution in [3.8, 4) is 10.6 Å². The van der Waals surface area contributed by atoms with Crippen LogP contribution in [0.4, 0.5) is 5.69 Å². The van der Waals surface area contributed by atoms with Gasteiger partial charge in [-0.2, -0.15) is 23.7 Å². The van der Waals surface area contributed by atoms with E-state index in [1.165, 1.54) is 11.3 Å². The van der Waals surface area contributed by atoms with Crippen LogP contribution in [0.1, 0.15) is 12.5 Å². The highest BCUT2D eigenvalue weighted by atomic mass is 32.2. The number of benzene rings is 2. The number of carbonyl (C=O) groups excluding carboxylic acids is 1. The Labute approximate surface area is 170 Å². The number of azo groups is 1. The van der Waals surface area contributed by atoms with E-state index in [-0.39, 0.29) is 10.8 Å². The van der Waals surface area contributed by atoms with Gasteiger partial charge >= 0.3 is 0 Å². The predicted molar refractivity (Wildman–Crippen MR) is 109 cm³/mol. The van der Waals surface area contributed by atoms with Crippen LogP contribution in [0.15, 0.2) is 56.6 Å². The van der Waals surface area contributed by atoms with Gasteiger partial charge in [0.2, 0.25) is 0 Å². The molecule has 148 valence electrons. The van der Waals surface area contributed by atoms with Gasteiger partial charge in [-0.1, -0.05) is 6.07 Å². The third-order valence-corrected chi connectivity index (χ3v) is 6.67. The molecular weight excluding hydrogens is 414 g/mol. The van der Waals surface area contributed by atoms with Crippen LogP contribution in [-0.4, -0.2) is 35.6 Å². The van der Waals surface area contributed by atoms with E-state index in [2.05, 4.69) is 25.7 Å². The SMILES string of the molecule is CC1=NNC(=O)C1N=Nc1ccc(-c2nc3ccc(C)c(S(=O)(=O)O)c3s2)cc1. The highest BCUT2D eigenvalue weighted by Crippen LogP contribution is 2.36. The first-order chi connectivity index (χ1) is 13.7. The van der Waals surface area contributed by atoms with Gasteiger partial charge in [-0.15, -0.1) is 11.3 Å². The van der Waals surface area contributed by atoms with E-state index >= 15 is 0 Å². The average Bonchev–Trinajstić information content (AvgIpc) is 3.22. The van der Waals surface area contributed by atoms with Gasteiger partial charge in [0.15, 0.2) is 6.04 Å². The van der Waals surface area contributed by atoms with Crippen LogP contribution in [0.2, 0.25) is 0 Å². The fourth-order valence-corrected chi connectivity index (χ4v) is 5.21. The standard InChI is InChI=1S/C18H15N5O4S2/c1-9-3-8-13-15(16(9)29(25,26)27)28-18(19-13)11-4-6-12(7-5-11)21-22-14-10(2)20-23-17(14)24/h3-8,14H,1-2H3,(H,23,24)(H,25,26,27). The molecule has 0 bridgehead atoms. The number of hydrogen-bond donors (Lipinski definition) is 2. The number of aromatic nitrogens is 1. The average molecular weight is 429 g/mol. The van der Waals surface area contributed by atoms with Gasteiger partial charge < -0.3 is 0 Å². The summed E-state index contributed by atoms with van der Waals surface area (Å²) in [5.41, 5.74) is 5.17. The minimum atomic E-state index is -4.36. The van der Waals surface area contributed by atoms with E-state index in [1.54, 1.807) is 50.2 Å². The molecule has 11 heteroatoms. The molecule has 1 unspecified atom stereocenters. The molecule has 0 saturated heterocycles. The zero-order chi connectivity index (χ0) is 20.8. The molecule has 1 aromatic heterocycles. The molecule has 0 fully saturated rings. The molecule has 4 rings (SSSR count). The lowest BCUT2D eigenvalue weighted by Gasteiger charge is -2.02. The van der Waals surface area contributed by atoms with Crippen LogP contribution in [0.3, 0.4) is 0 Å². The quantitative estimate of drug-likeness (QED) is 0.484. The van der Waals surface area contributed by atoms with Crippen molar-refractivity contribution in [2.45, 2.75) is 24.8 Å². The summed E-state index contributed by atoms with van der Waals surface area (Å²) in [4.78, 5) is 16.0. The number of amides is 1. The van der Waals surface area contributed by atoms with Crippen LogP contribution in [0, 0.1) is 6.92 Å². The van der Waals surface area contributed by atoms with Crippen molar-refractivity contribution >= 4 is 49.0 Å². The molecule has 1 atom stereocenters. The van der Waals surface area contributed by atoms with Crippen LogP contribution in [-0.2, 0) is 14.9 Å². The van der Waals surface area contributed by atoms with Crippen LogP contribution in [0.5, 0.6) is 0 Å². The lowest BCUT2D eigenvalue weighted by molar-refractivity contribution is -0.120. The zero-order valence-electron chi connectivity index (χ0n) is 15.3. The maximum absolute atomic E-state index is 11.8. The summed E-state index contributed by atoms with van der Waals surface area (Å²) in [5, 5.41) is 12.5. The van der Waals surface area contributed by atoms with Crippen LogP contribution >= 0.6 is 11.3 Å². The zero-order valence-corrected chi connectivity index (χ0v) is 17.0. The van der Waals surface area contributed by atoms with Gasteiger partial charge in [0.25, 0.3) is 16.0 Å². The molecule has 1 amide bonds. The third-order valence-electron chi connectivity index (χ3n) is 4.36. The second-order valence-electron chi connectivity index (χ2n) is 6.45. The molecule has 0 radical (unpaired) electrons. The molecule has 0 saturated carbocycles. The highest BCUT2D eigenvalue weighted by Gasteiger charge is 2.26. The molecular formula is C18H15N5O4S2. The second kappa shape index (κ2) is 7.10. The van der Waals surface area contributed by atoms with Crippen molar-refractivity contribution in [2.24, 2.45) is 15.3 Å². The molecule has 3 aromatic rings. The van der Waals surface area contributed by atoms with Gasteiger partial charge in [0, 0.05) is 5.56 Å². The van der Waals surface area contributed by atoms with E-state index in [1.807, 2.05) is 0 Å². The summed E-state index contributed by atoms with van der Waals surface area (Å²) >= 11 is 1.19. The van der Waals surface area contributed by atoms with Crippen molar-refractivity contribution in [3.63, 3.8) is 0 Å². The number of nitrogens with zero attached hydrogens (tertiary/aromatic N) is 4. The number of hydrazone groups is 1. The molecule has 2 aromatic carbocycles. The number of thiazole rings is 1. The number of nitrogens with one attached hydrogen (secondary N) is 1. The minimum Gasteiger partial charge on any atom is -0.282 e. The summed E-state index contributed by atoms with van der Waals surface area (Å²) in [6, 6.07) is 9.62. The molecule has 9 nitrogen and oxygen atoms in total. The maximum atomic E-state index is 11.8. The molecule has 2 N–H and O–H groups in total. The van der Waals surface area contributed by atoms with Crippen molar-refractivity contribution in [1.82, 2.24) is 10.4 Å². The molecule has 1 aliphatic rings. The van der Waals surface area contributed by atoms with Crippen molar-refractivity contribution < 1.29 is 17.8 Å². The minimum absolute atomic E-state index is 0.115. The summed E-state index contributed by atoms with van der Waals surface area (Å²) < 4.78 is 33.5. The first-order valence-electron chi connectivity index (χ1n) is 8.47. The Balaban J connectivity index is 1.65. The van der Waals surface area contributed by atoms with E-state index in [4.69, 9.17) is 0 Å². The second-order valence-corrected chi connectivity index (χ2v) is 8.81. The van der Waals surface area contributed by atoms with Crippen molar-refractivity contribution in [1.29, 1.82) is 0 Å². The van der Waals surface area contributed by atoms with E-state index in [0.29, 0.717) is 32.2 Å². The molecule has 29 heavy (non-hydrogen) atoms. The molecule has 0 spiro atoms. The number of aryl methyl sites for hydroxylation is 1. The maximum Gasteiger partial charge on any atom is 0.296 e. The lowest BCUT2D eigenvalue weighted by atomic mass is 10.2. The topological polar surface area (TPSA) is 133 Å². The Morgan fingerprint density at radius 2 is 1.86 bits per heavy atom. The van der Waals surface area contributed by atoms with E-state index in [0.717, 1.165) is 5.56 Å². The smallest absolute Gasteiger partial charge is 0.282 e. The Kier molecular flexibility index (Phi) is 4.73. The van der Waals surface area contributed by atoms with Crippen molar-refractivity contribution in [3.05, 3.63) is 42.0 Å². The van der Waals surface area contributed by atoms with Gasteiger partial charge in [-0.3, -0.25) is 9.35 Å². The fourth-order valence-electron chi connectivity index (χ4n) is 2.90. The Hall–Kier alpha value is -3.02. The number of carbonyl (C=O) groups is 1. The van der Waals surface area contributed by atoms with Gasteiger partial charge in [-0.05, 0) is 49.7 Å². The molecule has 2 heterocycles.